The van der Waals surface area contributed by atoms with E-state index in [1.54, 1.807) is 6.07 Å². The monoisotopic (exact) mass is 265 g/mol. The Balaban J connectivity index is 1.96. The second-order valence-corrected chi connectivity index (χ2v) is 5.44. The number of nitrogens with one attached hydrogen (secondary N) is 1. The first kappa shape index (κ1) is 14.1. The Morgan fingerprint density at radius 2 is 2.26 bits per heavy atom. The summed E-state index contributed by atoms with van der Waals surface area (Å²) in [7, 11) is 0. The number of furan rings is 1. The van der Waals surface area contributed by atoms with E-state index in [4.69, 9.17) is 10.3 Å². The van der Waals surface area contributed by atoms with Gasteiger partial charge in [0.1, 0.15) is 12.0 Å². The third-order valence-corrected chi connectivity index (χ3v) is 4.44. The number of carbonyl (C=O) groups is 1. The molecule has 2 rings (SSSR count). The second kappa shape index (κ2) is 5.75. The number of nitrogens with zero attached hydrogens (tertiary/aromatic N) is 1. The molecule has 0 spiro atoms. The average Bonchev–Trinajstić information content (AvgIpc) is 3.06. The van der Waals surface area contributed by atoms with E-state index in [0.717, 1.165) is 25.4 Å². The largest absolute Gasteiger partial charge is 0.467 e. The molecular weight excluding hydrogens is 242 g/mol. The van der Waals surface area contributed by atoms with Gasteiger partial charge in [0.15, 0.2) is 0 Å². The van der Waals surface area contributed by atoms with E-state index in [2.05, 4.69) is 24.2 Å². The first-order valence-electron chi connectivity index (χ1n) is 6.93. The molecule has 0 radical (unpaired) electrons. The van der Waals surface area contributed by atoms with E-state index in [1.165, 1.54) is 25.5 Å². The lowest BCUT2D eigenvalue weighted by Gasteiger charge is -2.26. The second-order valence-electron chi connectivity index (χ2n) is 5.44. The van der Waals surface area contributed by atoms with Crippen LogP contribution in [0.1, 0.15) is 49.2 Å². The van der Waals surface area contributed by atoms with Crippen LogP contribution in [0.2, 0.25) is 0 Å². The lowest BCUT2D eigenvalue weighted by atomic mass is 9.82. The number of amides is 1. The molecule has 5 heteroatoms. The average molecular weight is 265 g/mol. The molecule has 0 unspecified atom stereocenters. The summed E-state index contributed by atoms with van der Waals surface area (Å²) in [5.41, 5.74) is 3.05. The molecule has 1 fully saturated rings. The van der Waals surface area contributed by atoms with E-state index < -0.39 is 0 Å². The maximum Gasteiger partial charge on any atom is 0.268 e. The van der Waals surface area contributed by atoms with Crippen molar-refractivity contribution in [1.29, 1.82) is 0 Å². The van der Waals surface area contributed by atoms with Gasteiger partial charge in [0.05, 0.1) is 12.1 Å². The normalized spacial score (nSPS) is 18.7. The fraction of sp³-hybridized carbons (Fsp3) is 0.643. The van der Waals surface area contributed by atoms with Crippen LogP contribution in [0.5, 0.6) is 0 Å². The molecule has 0 aliphatic carbocycles. The van der Waals surface area contributed by atoms with Gasteiger partial charge in [0.25, 0.3) is 5.91 Å². The third-order valence-electron chi connectivity index (χ3n) is 4.44. The van der Waals surface area contributed by atoms with E-state index in [9.17, 15) is 4.79 Å². The van der Waals surface area contributed by atoms with Crippen LogP contribution in [0.25, 0.3) is 0 Å². The smallest absolute Gasteiger partial charge is 0.268 e. The molecule has 2 heterocycles. The van der Waals surface area contributed by atoms with Crippen molar-refractivity contribution < 1.29 is 9.21 Å². The zero-order chi connectivity index (χ0) is 13.9. The van der Waals surface area contributed by atoms with Crippen molar-refractivity contribution in [2.75, 3.05) is 13.1 Å². The number of nitrogen functional groups attached to an aromatic ring is 1. The Morgan fingerprint density at radius 3 is 2.84 bits per heavy atom. The molecule has 0 atom stereocenters. The molecule has 0 saturated carbocycles. The summed E-state index contributed by atoms with van der Waals surface area (Å²) in [6.45, 7) is 7.51. The van der Waals surface area contributed by atoms with Crippen LogP contribution in [0.15, 0.2) is 16.7 Å². The predicted molar refractivity (Wildman–Crippen MR) is 73.3 cm³/mol. The van der Waals surface area contributed by atoms with Gasteiger partial charge in [-0.15, -0.1) is 0 Å². The highest BCUT2D eigenvalue weighted by Gasteiger charge is 2.34. The van der Waals surface area contributed by atoms with Gasteiger partial charge in [-0.2, -0.15) is 0 Å². The van der Waals surface area contributed by atoms with Gasteiger partial charge in [-0.05, 0) is 37.3 Å². The highest BCUT2D eigenvalue weighted by Crippen LogP contribution is 2.37. The Kier molecular flexibility index (Phi) is 4.27. The molecule has 5 nitrogen and oxygen atoms in total. The molecule has 1 saturated heterocycles. The van der Waals surface area contributed by atoms with Crippen LogP contribution in [-0.2, 0) is 6.54 Å². The number of hydrogen-bond donors (Lipinski definition) is 2. The maximum atomic E-state index is 11.3. The van der Waals surface area contributed by atoms with E-state index in [0.29, 0.717) is 11.0 Å². The van der Waals surface area contributed by atoms with E-state index >= 15 is 0 Å². The van der Waals surface area contributed by atoms with Gasteiger partial charge in [0, 0.05) is 6.54 Å². The molecule has 0 bridgehead atoms. The number of rotatable bonds is 5. The molecule has 3 N–H and O–H groups in total. The minimum Gasteiger partial charge on any atom is -0.467 e. The van der Waals surface area contributed by atoms with Crippen LogP contribution in [0, 0.1) is 5.41 Å². The number of likely N-dealkylation sites (tertiary alicyclic amines) is 1. The van der Waals surface area contributed by atoms with Crippen molar-refractivity contribution in [3.63, 3.8) is 0 Å². The summed E-state index contributed by atoms with van der Waals surface area (Å²) in [4.78, 5) is 13.7. The van der Waals surface area contributed by atoms with Crippen molar-refractivity contribution in [2.45, 2.75) is 39.7 Å². The molecular formula is C14H23N3O2. The van der Waals surface area contributed by atoms with Crippen molar-refractivity contribution in [2.24, 2.45) is 11.3 Å². The molecule has 1 aromatic rings. The molecule has 1 aliphatic heterocycles. The van der Waals surface area contributed by atoms with Crippen LogP contribution >= 0.6 is 0 Å². The Morgan fingerprint density at radius 1 is 1.53 bits per heavy atom. The first-order valence-corrected chi connectivity index (χ1v) is 6.93. The molecule has 106 valence electrons. The zero-order valence-electron chi connectivity index (χ0n) is 11.7. The summed E-state index contributed by atoms with van der Waals surface area (Å²) < 4.78 is 5.43. The lowest BCUT2D eigenvalue weighted by molar-refractivity contribution is 0.0953. The number of hydrazine groups is 1. The highest BCUT2D eigenvalue weighted by atomic mass is 16.3. The first-order chi connectivity index (χ1) is 9.12. The van der Waals surface area contributed by atoms with Gasteiger partial charge >= 0.3 is 0 Å². The topological polar surface area (TPSA) is 71.5 Å². The minimum atomic E-state index is -0.312. The Bertz CT molecular complexity index is 438. The van der Waals surface area contributed by atoms with Crippen LogP contribution in [0.3, 0.4) is 0 Å². The summed E-state index contributed by atoms with van der Waals surface area (Å²) in [5.74, 6) is 5.61. The zero-order valence-corrected chi connectivity index (χ0v) is 11.7. The van der Waals surface area contributed by atoms with Crippen molar-refractivity contribution in [1.82, 2.24) is 10.3 Å². The van der Waals surface area contributed by atoms with Gasteiger partial charge in [-0.25, -0.2) is 5.84 Å². The van der Waals surface area contributed by atoms with Gasteiger partial charge in [0.2, 0.25) is 0 Å². The number of nitrogens with two attached hydrogens (primary N) is 1. The standard InChI is InChI=1S/C14H23N3O2/c1-3-14(4-2)5-6-17(10-14)8-12-7-11(9-19-12)13(18)16-15/h7,9H,3-6,8,10,15H2,1-2H3,(H,16,18). The SMILES string of the molecule is CCC1(CC)CCN(Cc2cc(C(=O)NN)co2)C1. The van der Waals surface area contributed by atoms with E-state index in [1.807, 2.05) is 0 Å². The van der Waals surface area contributed by atoms with Crippen molar-refractivity contribution in [3.05, 3.63) is 23.7 Å². The number of hydrogen-bond acceptors (Lipinski definition) is 4. The lowest BCUT2D eigenvalue weighted by Crippen LogP contribution is -2.29. The quantitative estimate of drug-likeness (QED) is 0.484. The fourth-order valence-electron chi connectivity index (χ4n) is 2.88. The summed E-state index contributed by atoms with van der Waals surface area (Å²) in [5, 5.41) is 0. The summed E-state index contributed by atoms with van der Waals surface area (Å²) >= 11 is 0. The molecule has 0 aromatic carbocycles. The summed E-state index contributed by atoms with van der Waals surface area (Å²) in [6.07, 6.45) is 5.15. The van der Waals surface area contributed by atoms with Crippen molar-refractivity contribution in [3.8, 4) is 0 Å². The van der Waals surface area contributed by atoms with Crippen molar-refractivity contribution >= 4 is 5.91 Å². The van der Waals surface area contributed by atoms with Gasteiger partial charge in [-0.1, -0.05) is 13.8 Å². The Hall–Kier alpha value is -1.33. The molecule has 1 aliphatic rings. The third kappa shape index (κ3) is 2.98. The minimum absolute atomic E-state index is 0.312. The molecule has 19 heavy (non-hydrogen) atoms. The van der Waals surface area contributed by atoms with Crippen LogP contribution in [-0.4, -0.2) is 23.9 Å². The summed E-state index contributed by atoms with van der Waals surface area (Å²) in [6, 6.07) is 1.76. The predicted octanol–water partition coefficient (Wildman–Crippen LogP) is 1.90. The fourth-order valence-corrected chi connectivity index (χ4v) is 2.88. The highest BCUT2D eigenvalue weighted by molar-refractivity contribution is 5.93. The number of carbonyl (C=O) groups excluding carboxylic acids is 1. The Labute approximate surface area is 114 Å². The maximum absolute atomic E-state index is 11.3. The molecule has 1 aromatic heterocycles. The van der Waals surface area contributed by atoms with Crippen LogP contribution < -0.4 is 11.3 Å². The van der Waals surface area contributed by atoms with Gasteiger partial charge in [-0.3, -0.25) is 15.1 Å². The van der Waals surface area contributed by atoms with Crippen LogP contribution in [0.4, 0.5) is 0 Å². The molecule has 1 amide bonds. The van der Waals surface area contributed by atoms with Gasteiger partial charge < -0.3 is 4.42 Å². The van der Waals surface area contributed by atoms with E-state index in [-0.39, 0.29) is 5.91 Å².